The summed E-state index contributed by atoms with van der Waals surface area (Å²) in [6, 6.07) is 16.9. The summed E-state index contributed by atoms with van der Waals surface area (Å²) in [5.74, 6) is 0.962. The number of ether oxygens (including phenoxy) is 2. The molecule has 0 saturated carbocycles. The molecular weight excluding hydrogens is 354 g/mol. The van der Waals surface area contributed by atoms with Gasteiger partial charge in [-0.1, -0.05) is 31.2 Å². The van der Waals surface area contributed by atoms with Gasteiger partial charge in [-0.2, -0.15) is 0 Å². The second-order valence-corrected chi connectivity index (χ2v) is 6.06. The highest BCUT2D eigenvalue weighted by molar-refractivity contribution is 6.07. The fourth-order valence-electron chi connectivity index (χ4n) is 2.90. The summed E-state index contributed by atoms with van der Waals surface area (Å²) in [4.78, 5) is 17.0. The number of aryl methyl sites for hydroxylation is 1. The van der Waals surface area contributed by atoms with Gasteiger partial charge in [-0.15, -0.1) is 0 Å². The molecule has 0 fully saturated rings. The van der Waals surface area contributed by atoms with Crippen LogP contribution in [-0.2, 0) is 6.42 Å². The van der Waals surface area contributed by atoms with Gasteiger partial charge in [-0.25, -0.2) is 4.98 Å². The number of aromatic nitrogens is 1. The molecule has 28 heavy (non-hydrogen) atoms. The molecule has 1 heterocycles. The van der Waals surface area contributed by atoms with Crippen molar-refractivity contribution in [2.75, 3.05) is 24.9 Å². The maximum absolute atomic E-state index is 12.7. The summed E-state index contributed by atoms with van der Waals surface area (Å²) in [7, 11) is 3.02. The number of benzene rings is 2. The molecule has 3 rings (SSSR count). The number of anilines is 3. The number of carbonyl (C=O) groups is 1. The van der Waals surface area contributed by atoms with E-state index in [9.17, 15) is 4.79 Å². The predicted molar refractivity (Wildman–Crippen MR) is 111 cm³/mol. The second-order valence-electron chi connectivity index (χ2n) is 6.06. The maximum atomic E-state index is 12.7. The Morgan fingerprint density at radius 2 is 1.68 bits per heavy atom. The van der Waals surface area contributed by atoms with Crippen LogP contribution in [0.2, 0.25) is 0 Å². The van der Waals surface area contributed by atoms with Crippen molar-refractivity contribution in [1.29, 1.82) is 0 Å². The summed E-state index contributed by atoms with van der Waals surface area (Å²) in [6.07, 6.45) is 2.62. The van der Waals surface area contributed by atoms with Crippen molar-refractivity contribution in [2.24, 2.45) is 0 Å². The third-order valence-corrected chi connectivity index (χ3v) is 4.34. The molecular formula is C22H23N3O3. The molecule has 2 N–H and O–H groups in total. The molecule has 0 atom stereocenters. The minimum Gasteiger partial charge on any atom is -0.496 e. The average molecular weight is 377 g/mol. The summed E-state index contributed by atoms with van der Waals surface area (Å²) >= 11 is 0. The fourth-order valence-corrected chi connectivity index (χ4v) is 2.90. The molecule has 2 aromatic carbocycles. The molecule has 0 bridgehead atoms. The van der Waals surface area contributed by atoms with Gasteiger partial charge in [-0.3, -0.25) is 4.79 Å². The fraction of sp³-hybridized carbons (Fsp3) is 0.182. The zero-order valence-electron chi connectivity index (χ0n) is 16.2. The maximum Gasteiger partial charge on any atom is 0.264 e. The normalized spacial score (nSPS) is 10.2. The molecule has 0 spiro atoms. The Morgan fingerprint density at radius 1 is 0.964 bits per heavy atom. The lowest BCUT2D eigenvalue weighted by atomic mass is 10.1. The van der Waals surface area contributed by atoms with Gasteiger partial charge in [0.15, 0.2) is 0 Å². The Morgan fingerprint density at radius 3 is 2.29 bits per heavy atom. The first-order valence-electron chi connectivity index (χ1n) is 8.99. The van der Waals surface area contributed by atoms with Crippen molar-refractivity contribution in [3.05, 3.63) is 71.9 Å². The summed E-state index contributed by atoms with van der Waals surface area (Å²) in [6.45, 7) is 2.11. The van der Waals surface area contributed by atoms with Crippen LogP contribution in [-0.4, -0.2) is 25.1 Å². The highest BCUT2D eigenvalue weighted by atomic mass is 16.5. The predicted octanol–water partition coefficient (Wildman–Crippen LogP) is 4.66. The van der Waals surface area contributed by atoms with Crippen LogP contribution in [0.1, 0.15) is 22.8 Å². The zero-order valence-corrected chi connectivity index (χ0v) is 16.2. The van der Waals surface area contributed by atoms with Crippen LogP contribution < -0.4 is 20.1 Å². The number of hydrogen-bond acceptors (Lipinski definition) is 5. The minimum atomic E-state index is -0.348. The van der Waals surface area contributed by atoms with E-state index in [0.717, 1.165) is 17.8 Å². The number of pyridine rings is 1. The number of amides is 1. The van der Waals surface area contributed by atoms with E-state index >= 15 is 0 Å². The van der Waals surface area contributed by atoms with E-state index < -0.39 is 0 Å². The quantitative estimate of drug-likeness (QED) is 0.627. The molecule has 0 aliphatic heterocycles. The molecule has 144 valence electrons. The topological polar surface area (TPSA) is 72.5 Å². The van der Waals surface area contributed by atoms with Crippen molar-refractivity contribution in [1.82, 2.24) is 4.98 Å². The van der Waals surface area contributed by atoms with E-state index in [0.29, 0.717) is 22.9 Å². The van der Waals surface area contributed by atoms with Crippen LogP contribution >= 0.6 is 0 Å². The minimum absolute atomic E-state index is 0.327. The largest absolute Gasteiger partial charge is 0.496 e. The van der Waals surface area contributed by atoms with E-state index in [1.54, 1.807) is 30.5 Å². The first-order chi connectivity index (χ1) is 13.7. The van der Waals surface area contributed by atoms with Crippen LogP contribution in [0.3, 0.4) is 0 Å². The molecule has 1 aromatic heterocycles. The number of hydrogen-bond donors (Lipinski definition) is 2. The van der Waals surface area contributed by atoms with Crippen LogP contribution in [0.5, 0.6) is 11.5 Å². The Labute approximate surface area is 164 Å². The second kappa shape index (κ2) is 8.90. The van der Waals surface area contributed by atoms with Gasteiger partial charge in [0.1, 0.15) is 22.9 Å². The monoisotopic (exact) mass is 377 g/mol. The van der Waals surface area contributed by atoms with Gasteiger partial charge < -0.3 is 20.1 Å². The van der Waals surface area contributed by atoms with Crippen LogP contribution in [0, 0.1) is 0 Å². The number of rotatable bonds is 7. The number of nitrogens with one attached hydrogen (secondary N) is 2. The number of nitrogens with zero attached hydrogens (tertiary/aromatic N) is 1. The lowest BCUT2D eigenvalue weighted by molar-refractivity contribution is 0.102. The first kappa shape index (κ1) is 19.2. The third-order valence-electron chi connectivity index (χ3n) is 4.34. The Bertz CT molecular complexity index is 933. The average Bonchev–Trinajstić information content (AvgIpc) is 2.74. The van der Waals surface area contributed by atoms with E-state index in [1.165, 1.54) is 19.8 Å². The smallest absolute Gasteiger partial charge is 0.264 e. The molecule has 0 aliphatic carbocycles. The van der Waals surface area contributed by atoms with Gasteiger partial charge in [0.25, 0.3) is 5.91 Å². The number of carbonyl (C=O) groups excluding carboxylic acids is 1. The standard InChI is InChI=1S/C22H23N3O3/c1-4-15-8-5-6-9-17(15)24-16-12-13-20(23-14-16)25-22(26)21-18(27-2)10-7-11-19(21)28-3/h5-14,24H,4H2,1-3H3,(H,23,25,26). The third kappa shape index (κ3) is 4.23. The van der Waals surface area contributed by atoms with Crippen LogP contribution in [0.4, 0.5) is 17.2 Å². The van der Waals surface area contributed by atoms with Crippen molar-refractivity contribution in [3.8, 4) is 11.5 Å². The van der Waals surface area contributed by atoms with Gasteiger partial charge >= 0.3 is 0 Å². The van der Waals surface area contributed by atoms with Gasteiger partial charge in [0, 0.05) is 5.69 Å². The van der Waals surface area contributed by atoms with Crippen molar-refractivity contribution < 1.29 is 14.3 Å². The summed E-state index contributed by atoms with van der Waals surface area (Å²) < 4.78 is 10.6. The van der Waals surface area contributed by atoms with E-state index in [1.807, 2.05) is 24.3 Å². The highest BCUT2D eigenvalue weighted by Crippen LogP contribution is 2.29. The Hall–Kier alpha value is -3.54. The molecule has 0 unspecified atom stereocenters. The zero-order chi connectivity index (χ0) is 19.9. The molecule has 0 saturated heterocycles. The molecule has 0 radical (unpaired) electrons. The lowest BCUT2D eigenvalue weighted by Gasteiger charge is -2.13. The summed E-state index contributed by atoms with van der Waals surface area (Å²) in [5.41, 5.74) is 3.44. The van der Waals surface area contributed by atoms with Crippen molar-refractivity contribution in [3.63, 3.8) is 0 Å². The van der Waals surface area contributed by atoms with Gasteiger partial charge in [-0.05, 0) is 42.3 Å². The van der Waals surface area contributed by atoms with Crippen molar-refractivity contribution >= 4 is 23.1 Å². The van der Waals surface area contributed by atoms with Gasteiger partial charge in [0.05, 0.1) is 26.1 Å². The summed E-state index contributed by atoms with van der Waals surface area (Å²) in [5, 5.41) is 6.14. The first-order valence-corrected chi connectivity index (χ1v) is 8.99. The number of para-hydroxylation sites is 1. The molecule has 1 amide bonds. The Kier molecular flexibility index (Phi) is 6.11. The molecule has 3 aromatic rings. The van der Waals surface area contributed by atoms with Crippen LogP contribution in [0.15, 0.2) is 60.8 Å². The molecule has 0 aliphatic rings. The SMILES string of the molecule is CCc1ccccc1Nc1ccc(NC(=O)c2c(OC)cccc2OC)nc1. The Balaban J connectivity index is 1.75. The van der Waals surface area contributed by atoms with Gasteiger partial charge in [0.2, 0.25) is 0 Å². The molecule has 6 heteroatoms. The lowest BCUT2D eigenvalue weighted by Crippen LogP contribution is -2.15. The van der Waals surface area contributed by atoms with E-state index in [4.69, 9.17) is 9.47 Å². The van der Waals surface area contributed by atoms with Crippen LogP contribution in [0.25, 0.3) is 0 Å². The van der Waals surface area contributed by atoms with Crippen molar-refractivity contribution in [2.45, 2.75) is 13.3 Å². The van der Waals surface area contributed by atoms with E-state index in [-0.39, 0.29) is 5.91 Å². The number of methoxy groups -OCH3 is 2. The highest BCUT2D eigenvalue weighted by Gasteiger charge is 2.18. The van der Waals surface area contributed by atoms with E-state index in [2.05, 4.69) is 28.6 Å². The molecule has 6 nitrogen and oxygen atoms in total.